The lowest BCUT2D eigenvalue weighted by Gasteiger charge is -2.26. The minimum absolute atomic E-state index is 0.00967. The summed E-state index contributed by atoms with van der Waals surface area (Å²) in [4.78, 5) is 6.34. The molecule has 7 nitrogen and oxygen atoms in total. The smallest absolute Gasteiger partial charge is 0.275 e. The van der Waals surface area contributed by atoms with E-state index >= 15 is 0 Å². The Bertz CT molecular complexity index is 732. The number of aromatic nitrogens is 2. The normalized spacial score (nSPS) is 16.3. The third kappa shape index (κ3) is 2.74. The summed E-state index contributed by atoms with van der Waals surface area (Å²) in [6.45, 7) is 3.16. The molecule has 0 saturated carbocycles. The molecule has 21 heavy (non-hydrogen) atoms. The van der Waals surface area contributed by atoms with Crippen LogP contribution in [-0.4, -0.2) is 47.8 Å². The monoisotopic (exact) mass is 310 g/mol. The van der Waals surface area contributed by atoms with Crippen molar-refractivity contribution < 1.29 is 12.8 Å². The van der Waals surface area contributed by atoms with Crippen LogP contribution in [0.1, 0.15) is 11.5 Å². The zero-order chi connectivity index (χ0) is 15.0. The highest BCUT2D eigenvalue weighted by molar-refractivity contribution is 7.88. The molecule has 0 atom stereocenters. The third-order valence-electron chi connectivity index (χ3n) is 3.59. The van der Waals surface area contributed by atoms with E-state index in [1.165, 1.54) is 20.2 Å². The summed E-state index contributed by atoms with van der Waals surface area (Å²) in [6.07, 6.45) is 3.69. The maximum Gasteiger partial charge on any atom is 0.275 e. The third-order valence-corrected chi connectivity index (χ3v) is 5.28. The van der Waals surface area contributed by atoms with Gasteiger partial charge in [0.15, 0.2) is 0 Å². The van der Waals surface area contributed by atoms with E-state index in [4.69, 9.17) is 4.42 Å². The Morgan fingerprint density at radius 3 is 2.90 bits per heavy atom. The van der Waals surface area contributed by atoms with Gasteiger partial charge in [-0.3, -0.25) is 4.90 Å². The molecule has 8 heteroatoms. The molecule has 0 spiro atoms. The highest BCUT2D eigenvalue weighted by atomic mass is 32.2. The molecule has 1 aliphatic heterocycles. The number of rotatable bonds is 4. The lowest BCUT2D eigenvalue weighted by atomic mass is 10.3. The fraction of sp³-hybridized carbons (Fsp3) is 0.462. The lowest BCUT2D eigenvalue weighted by Crippen LogP contribution is -2.32. The molecule has 3 heterocycles. The molecule has 114 valence electrons. The quantitative estimate of drug-likeness (QED) is 0.833. The Morgan fingerprint density at radius 1 is 1.33 bits per heavy atom. The van der Waals surface area contributed by atoms with E-state index in [1.54, 1.807) is 6.07 Å². The van der Waals surface area contributed by atoms with Crippen LogP contribution in [0.15, 0.2) is 34.2 Å². The summed E-state index contributed by atoms with van der Waals surface area (Å²) in [5.74, 6) is 0.656. The molecule has 0 fully saturated rings. The standard InChI is InChI=1S/C13H18N4O3S/c1-15(2)21(18,19)13-4-3-12(20-13)9-16-5-6-17-10-14-7-11(17)8-16/h3-4,7,10H,5-6,8-9H2,1-2H3. The summed E-state index contributed by atoms with van der Waals surface area (Å²) in [5.41, 5.74) is 1.16. The van der Waals surface area contributed by atoms with Crippen LogP contribution in [0.2, 0.25) is 0 Å². The Morgan fingerprint density at radius 2 is 2.14 bits per heavy atom. The molecule has 0 amide bonds. The molecule has 0 aliphatic carbocycles. The first kappa shape index (κ1) is 14.3. The fourth-order valence-electron chi connectivity index (χ4n) is 2.36. The molecule has 0 bridgehead atoms. The average molecular weight is 310 g/mol. The number of hydrogen-bond donors (Lipinski definition) is 0. The van der Waals surface area contributed by atoms with Crippen molar-refractivity contribution in [2.45, 2.75) is 24.7 Å². The molecule has 0 radical (unpaired) electrons. The van der Waals surface area contributed by atoms with Gasteiger partial charge in [0, 0.05) is 39.9 Å². The van der Waals surface area contributed by atoms with Crippen molar-refractivity contribution in [1.82, 2.24) is 18.8 Å². The lowest BCUT2D eigenvalue weighted by molar-refractivity contribution is 0.193. The van der Waals surface area contributed by atoms with Crippen molar-refractivity contribution in [2.75, 3.05) is 20.6 Å². The molecular weight excluding hydrogens is 292 g/mol. The molecule has 1 aliphatic rings. The number of furan rings is 1. The van der Waals surface area contributed by atoms with Gasteiger partial charge >= 0.3 is 0 Å². The largest absolute Gasteiger partial charge is 0.447 e. The Labute approximate surface area is 123 Å². The van der Waals surface area contributed by atoms with Gasteiger partial charge in [-0.25, -0.2) is 17.7 Å². The first-order valence-electron chi connectivity index (χ1n) is 6.69. The van der Waals surface area contributed by atoms with Gasteiger partial charge in [-0.1, -0.05) is 0 Å². The Balaban J connectivity index is 1.71. The minimum atomic E-state index is -3.50. The fourth-order valence-corrected chi connectivity index (χ4v) is 3.17. The number of nitrogens with zero attached hydrogens (tertiary/aromatic N) is 4. The van der Waals surface area contributed by atoms with Crippen LogP contribution in [0.3, 0.4) is 0 Å². The minimum Gasteiger partial charge on any atom is -0.447 e. The van der Waals surface area contributed by atoms with E-state index in [0.29, 0.717) is 12.3 Å². The number of hydrogen-bond acceptors (Lipinski definition) is 5. The first-order valence-corrected chi connectivity index (χ1v) is 8.13. The summed E-state index contributed by atoms with van der Waals surface area (Å²) in [5, 5.41) is -0.00967. The zero-order valence-corrected chi connectivity index (χ0v) is 12.9. The second-order valence-corrected chi connectivity index (χ2v) is 7.38. The molecule has 2 aromatic heterocycles. The molecule has 0 unspecified atom stereocenters. The van der Waals surface area contributed by atoms with Gasteiger partial charge in [-0.15, -0.1) is 0 Å². The van der Waals surface area contributed by atoms with Gasteiger partial charge in [0.25, 0.3) is 10.0 Å². The molecular formula is C13H18N4O3S. The summed E-state index contributed by atoms with van der Waals surface area (Å²) < 4.78 is 32.7. The Kier molecular flexibility index (Phi) is 3.60. The summed E-state index contributed by atoms with van der Waals surface area (Å²) >= 11 is 0. The highest BCUT2D eigenvalue weighted by Gasteiger charge is 2.23. The predicted octanol–water partition coefficient (Wildman–Crippen LogP) is 0.742. The van der Waals surface area contributed by atoms with Crippen LogP contribution in [0, 0.1) is 0 Å². The van der Waals surface area contributed by atoms with E-state index < -0.39 is 10.0 Å². The van der Waals surface area contributed by atoms with Crippen LogP contribution in [-0.2, 0) is 29.7 Å². The second kappa shape index (κ2) is 5.28. The van der Waals surface area contributed by atoms with Gasteiger partial charge in [-0.2, -0.15) is 0 Å². The van der Waals surface area contributed by atoms with Crippen molar-refractivity contribution in [2.24, 2.45) is 0 Å². The first-order chi connectivity index (χ1) is 9.96. The van der Waals surface area contributed by atoms with E-state index in [9.17, 15) is 8.42 Å². The van der Waals surface area contributed by atoms with Crippen molar-refractivity contribution >= 4 is 10.0 Å². The van der Waals surface area contributed by atoms with Crippen LogP contribution in [0.5, 0.6) is 0 Å². The SMILES string of the molecule is CN(C)S(=O)(=O)c1ccc(CN2CCn3cncc3C2)o1. The van der Waals surface area contributed by atoms with Crippen molar-refractivity contribution in [1.29, 1.82) is 0 Å². The maximum atomic E-state index is 12.0. The summed E-state index contributed by atoms with van der Waals surface area (Å²) in [6, 6.07) is 3.24. The van der Waals surface area contributed by atoms with Gasteiger partial charge in [-0.05, 0) is 12.1 Å². The van der Waals surface area contributed by atoms with E-state index in [1.807, 2.05) is 12.5 Å². The van der Waals surface area contributed by atoms with Gasteiger partial charge in [0.05, 0.1) is 18.6 Å². The average Bonchev–Trinajstić information content (AvgIpc) is 3.06. The van der Waals surface area contributed by atoms with Crippen molar-refractivity contribution in [3.8, 4) is 0 Å². The van der Waals surface area contributed by atoms with E-state index in [-0.39, 0.29) is 5.09 Å². The summed E-state index contributed by atoms with van der Waals surface area (Å²) in [7, 11) is -0.524. The maximum absolute atomic E-state index is 12.0. The van der Waals surface area contributed by atoms with Crippen molar-refractivity contribution in [3.63, 3.8) is 0 Å². The van der Waals surface area contributed by atoms with Crippen LogP contribution in [0.4, 0.5) is 0 Å². The number of fused-ring (bicyclic) bond motifs is 1. The number of sulfonamides is 1. The highest BCUT2D eigenvalue weighted by Crippen LogP contribution is 2.20. The van der Waals surface area contributed by atoms with Crippen molar-refractivity contribution in [3.05, 3.63) is 36.1 Å². The van der Waals surface area contributed by atoms with Crippen LogP contribution in [0.25, 0.3) is 0 Å². The topological polar surface area (TPSA) is 71.6 Å². The molecule has 2 aromatic rings. The van der Waals surface area contributed by atoms with Crippen LogP contribution < -0.4 is 0 Å². The zero-order valence-electron chi connectivity index (χ0n) is 12.1. The molecule has 0 N–H and O–H groups in total. The van der Waals surface area contributed by atoms with Gasteiger partial charge in [0.2, 0.25) is 5.09 Å². The molecule has 0 aromatic carbocycles. The molecule has 3 rings (SSSR count). The second-order valence-electron chi connectivity index (χ2n) is 5.30. The number of imidazole rings is 1. The molecule has 0 saturated heterocycles. The predicted molar refractivity (Wildman–Crippen MR) is 75.9 cm³/mol. The van der Waals surface area contributed by atoms with Crippen LogP contribution >= 0.6 is 0 Å². The van der Waals surface area contributed by atoms with Gasteiger partial charge in [0.1, 0.15) is 5.76 Å². The van der Waals surface area contributed by atoms with E-state index in [2.05, 4.69) is 14.5 Å². The van der Waals surface area contributed by atoms with E-state index in [0.717, 1.165) is 29.6 Å². The van der Waals surface area contributed by atoms with Gasteiger partial charge < -0.3 is 8.98 Å². The Hall–Kier alpha value is -1.64.